The Labute approximate surface area is 133 Å². The first-order chi connectivity index (χ1) is 11.2. The van der Waals surface area contributed by atoms with E-state index in [1.165, 1.54) is 6.07 Å². The van der Waals surface area contributed by atoms with Crippen LogP contribution in [0.2, 0.25) is 0 Å². The first kappa shape index (κ1) is 14.9. The van der Waals surface area contributed by atoms with E-state index in [0.29, 0.717) is 6.54 Å². The lowest BCUT2D eigenvalue weighted by atomic mass is 10.0. The fourth-order valence-corrected chi connectivity index (χ4v) is 2.29. The van der Waals surface area contributed by atoms with Gasteiger partial charge in [-0.25, -0.2) is 4.39 Å². The van der Waals surface area contributed by atoms with E-state index in [2.05, 4.69) is 10.3 Å². The molecule has 0 fully saturated rings. The molecule has 1 N–H and O–H groups in total. The van der Waals surface area contributed by atoms with Crippen molar-refractivity contribution >= 4 is 5.91 Å². The fourth-order valence-electron chi connectivity index (χ4n) is 2.29. The van der Waals surface area contributed by atoms with Crippen molar-refractivity contribution in [2.75, 3.05) is 0 Å². The molecule has 3 aromatic rings. The Balaban J connectivity index is 1.80. The number of carbonyl (C=O) groups excluding carboxylic acids is 1. The van der Waals surface area contributed by atoms with Crippen molar-refractivity contribution in [1.29, 1.82) is 0 Å². The average Bonchev–Trinajstić information content (AvgIpc) is 2.62. The number of rotatable bonds is 4. The van der Waals surface area contributed by atoms with Crippen LogP contribution in [0.25, 0.3) is 11.1 Å². The second-order valence-electron chi connectivity index (χ2n) is 5.10. The lowest BCUT2D eigenvalue weighted by Gasteiger charge is -2.08. The molecule has 0 atom stereocenters. The van der Waals surface area contributed by atoms with Crippen LogP contribution in [0.4, 0.5) is 4.39 Å². The second-order valence-corrected chi connectivity index (χ2v) is 5.10. The van der Waals surface area contributed by atoms with Gasteiger partial charge >= 0.3 is 0 Å². The molecule has 0 spiro atoms. The summed E-state index contributed by atoms with van der Waals surface area (Å²) in [7, 11) is 0. The summed E-state index contributed by atoms with van der Waals surface area (Å²) in [5.74, 6) is -0.975. The summed E-state index contributed by atoms with van der Waals surface area (Å²) in [6.07, 6.45) is 3.32. The Bertz CT molecular complexity index is 804. The Kier molecular flexibility index (Phi) is 4.43. The predicted molar refractivity (Wildman–Crippen MR) is 87.2 cm³/mol. The fraction of sp³-hybridized carbons (Fsp3) is 0.0526. The molecule has 23 heavy (non-hydrogen) atoms. The molecule has 0 saturated carbocycles. The average molecular weight is 306 g/mol. The number of hydrogen-bond acceptors (Lipinski definition) is 2. The van der Waals surface area contributed by atoms with Crippen LogP contribution in [0.5, 0.6) is 0 Å². The van der Waals surface area contributed by atoms with E-state index < -0.39 is 11.7 Å². The Morgan fingerprint density at radius 3 is 2.57 bits per heavy atom. The van der Waals surface area contributed by atoms with Gasteiger partial charge in [0.25, 0.3) is 5.91 Å². The van der Waals surface area contributed by atoms with E-state index in [9.17, 15) is 9.18 Å². The topological polar surface area (TPSA) is 42.0 Å². The van der Waals surface area contributed by atoms with Gasteiger partial charge in [0, 0.05) is 18.9 Å². The van der Waals surface area contributed by atoms with Gasteiger partial charge < -0.3 is 5.32 Å². The number of amides is 1. The van der Waals surface area contributed by atoms with Crippen LogP contribution in [0.15, 0.2) is 73.1 Å². The van der Waals surface area contributed by atoms with Crippen LogP contribution < -0.4 is 5.32 Å². The highest BCUT2D eigenvalue weighted by Crippen LogP contribution is 2.22. The van der Waals surface area contributed by atoms with Crippen molar-refractivity contribution in [3.8, 4) is 11.1 Å². The third kappa shape index (κ3) is 3.61. The van der Waals surface area contributed by atoms with Gasteiger partial charge in [-0.1, -0.05) is 42.5 Å². The van der Waals surface area contributed by atoms with Crippen molar-refractivity contribution in [2.45, 2.75) is 6.54 Å². The normalized spacial score (nSPS) is 10.3. The van der Waals surface area contributed by atoms with Crippen LogP contribution in [0, 0.1) is 5.82 Å². The first-order valence-electron chi connectivity index (χ1n) is 7.26. The van der Waals surface area contributed by atoms with E-state index in [4.69, 9.17) is 0 Å². The Morgan fingerprint density at radius 1 is 1.00 bits per heavy atom. The van der Waals surface area contributed by atoms with E-state index in [-0.39, 0.29) is 5.56 Å². The van der Waals surface area contributed by atoms with Gasteiger partial charge in [0.1, 0.15) is 5.82 Å². The number of aromatic nitrogens is 1. The van der Waals surface area contributed by atoms with E-state index in [0.717, 1.165) is 16.7 Å². The molecule has 0 unspecified atom stereocenters. The maximum atomic E-state index is 14.0. The molecule has 0 radical (unpaired) electrons. The van der Waals surface area contributed by atoms with Crippen molar-refractivity contribution in [1.82, 2.24) is 10.3 Å². The monoisotopic (exact) mass is 306 g/mol. The minimum atomic E-state index is -0.534. The Morgan fingerprint density at radius 2 is 1.83 bits per heavy atom. The number of nitrogens with zero attached hydrogens (tertiary/aromatic N) is 1. The number of benzene rings is 2. The minimum absolute atomic E-state index is 0.0373. The zero-order valence-corrected chi connectivity index (χ0v) is 12.4. The van der Waals surface area contributed by atoms with Gasteiger partial charge in [-0.3, -0.25) is 9.78 Å². The number of pyridine rings is 1. The molecule has 0 aliphatic heterocycles. The summed E-state index contributed by atoms with van der Waals surface area (Å²) in [4.78, 5) is 16.2. The summed E-state index contributed by atoms with van der Waals surface area (Å²) in [5, 5.41) is 2.72. The van der Waals surface area contributed by atoms with Gasteiger partial charge in [-0.05, 0) is 34.9 Å². The molecule has 0 saturated heterocycles. The summed E-state index contributed by atoms with van der Waals surface area (Å²) in [5.41, 5.74) is 2.64. The molecule has 0 bridgehead atoms. The van der Waals surface area contributed by atoms with Gasteiger partial charge in [0.15, 0.2) is 0 Å². The van der Waals surface area contributed by atoms with E-state index >= 15 is 0 Å². The van der Waals surface area contributed by atoms with E-state index in [1.807, 2.05) is 36.4 Å². The van der Waals surface area contributed by atoms with Crippen molar-refractivity contribution in [2.24, 2.45) is 0 Å². The largest absolute Gasteiger partial charge is 0.348 e. The zero-order chi connectivity index (χ0) is 16.1. The number of hydrogen-bond donors (Lipinski definition) is 1. The standard InChI is InChI=1S/C19H15FN2O/c20-18-9-8-16(15-6-2-1-3-7-15)11-17(18)19(23)22-13-14-5-4-10-21-12-14/h1-12H,13H2,(H,22,23). The SMILES string of the molecule is O=C(NCc1cccnc1)c1cc(-c2ccccc2)ccc1F. The highest BCUT2D eigenvalue weighted by Gasteiger charge is 2.13. The van der Waals surface area contributed by atoms with Crippen LogP contribution in [0.1, 0.15) is 15.9 Å². The van der Waals surface area contributed by atoms with E-state index in [1.54, 1.807) is 30.6 Å². The molecule has 3 nitrogen and oxygen atoms in total. The third-order valence-electron chi connectivity index (χ3n) is 3.49. The molecule has 1 aromatic heterocycles. The molecule has 0 aliphatic rings. The summed E-state index contributed by atoms with van der Waals surface area (Å²) < 4.78 is 14.0. The number of carbonyl (C=O) groups is 1. The second kappa shape index (κ2) is 6.83. The van der Waals surface area contributed by atoms with Gasteiger partial charge in [0.05, 0.1) is 5.56 Å². The quantitative estimate of drug-likeness (QED) is 0.796. The minimum Gasteiger partial charge on any atom is -0.348 e. The van der Waals surface area contributed by atoms with Crippen LogP contribution in [-0.4, -0.2) is 10.9 Å². The van der Waals surface area contributed by atoms with Gasteiger partial charge in [-0.15, -0.1) is 0 Å². The van der Waals surface area contributed by atoms with Crippen LogP contribution in [0.3, 0.4) is 0 Å². The zero-order valence-electron chi connectivity index (χ0n) is 12.4. The number of halogens is 1. The summed E-state index contributed by atoms with van der Waals surface area (Å²) in [6, 6.07) is 17.8. The molecule has 2 aromatic carbocycles. The van der Waals surface area contributed by atoms with Gasteiger partial charge in [-0.2, -0.15) is 0 Å². The Hall–Kier alpha value is -3.01. The smallest absolute Gasteiger partial charge is 0.254 e. The van der Waals surface area contributed by atoms with Gasteiger partial charge in [0.2, 0.25) is 0 Å². The molecule has 4 heteroatoms. The molecular formula is C19H15FN2O. The highest BCUT2D eigenvalue weighted by molar-refractivity contribution is 5.95. The summed E-state index contributed by atoms with van der Waals surface area (Å²) >= 11 is 0. The molecule has 1 heterocycles. The number of nitrogens with one attached hydrogen (secondary N) is 1. The summed E-state index contributed by atoms with van der Waals surface area (Å²) in [6.45, 7) is 0.307. The molecule has 114 valence electrons. The van der Waals surface area contributed by atoms with Crippen molar-refractivity contribution in [3.63, 3.8) is 0 Å². The molecular weight excluding hydrogens is 291 g/mol. The van der Waals surface area contributed by atoms with Crippen molar-refractivity contribution in [3.05, 3.63) is 90.0 Å². The lowest BCUT2D eigenvalue weighted by Crippen LogP contribution is -2.24. The molecule has 0 aliphatic carbocycles. The van der Waals surface area contributed by atoms with Crippen LogP contribution >= 0.6 is 0 Å². The maximum Gasteiger partial charge on any atom is 0.254 e. The van der Waals surface area contributed by atoms with Crippen LogP contribution in [-0.2, 0) is 6.54 Å². The predicted octanol–water partition coefficient (Wildman–Crippen LogP) is 3.82. The molecule has 1 amide bonds. The van der Waals surface area contributed by atoms with Crippen molar-refractivity contribution < 1.29 is 9.18 Å². The maximum absolute atomic E-state index is 14.0. The lowest BCUT2D eigenvalue weighted by molar-refractivity contribution is 0.0947. The molecule has 3 rings (SSSR count). The first-order valence-corrected chi connectivity index (χ1v) is 7.26. The highest BCUT2D eigenvalue weighted by atomic mass is 19.1. The third-order valence-corrected chi connectivity index (χ3v) is 3.49.